The lowest BCUT2D eigenvalue weighted by molar-refractivity contribution is 0.0526. The molecular formula is C13H10ClFN2O2. The van der Waals surface area contributed by atoms with Gasteiger partial charge in [-0.1, -0.05) is 11.6 Å². The Morgan fingerprint density at radius 1 is 1.42 bits per heavy atom. The van der Waals surface area contributed by atoms with E-state index in [4.69, 9.17) is 16.3 Å². The zero-order valence-corrected chi connectivity index (χ0v) is 10.8. The number of hydrogen-bond acceptors (Lipinski definition) is 4. The molecule has 1 aromatic heterocycles. The third kappa shape index (κ3) is 2.88. The molecule has 4 nitrogen and oxygen atoms in total. The zero-order chi connectivity index (χ0) is 13.8. The Labute approximate surface area is 114 Å². The third-order valence-corrected chi connectivity index (χ3v) is 2.70. The van der Waals surface area contributed by atoms with Crippen LogP contribution in [0.25, 0.3) is 11.3 Å². The lowest BCUT2D eigenvalue weighted by Crippen LogP contribution is -2.06. The first-order valence-electron chi connectivity index (χ1n) is 5.56. The quantitative estimate of drug-likeness (QED) is 0.811. The molecule has 6 heteroatoms. The summed E-state index contributed by atoms with van der Waals surface area (Å²) < 4.78 is 18.8. The molecule has 0 aliphatic heterocycles. The first-order chi connectivity index (χ1) is 9.13. The summed E-state index contributed by atoms with van der Waals surface area (Å²) in [4.78, 5) is 19.4. The Kier molecular flexibility index (Phi) is 4.06. The highest BCUT2D eigenvalue weighted by Gasteiger charge is 2.17. The lowest BCUT2D eigenvalue weighted by atomic mass is 10.1. The van der Waals surface area contributed by atoms with E-state index >= 15 is 0 Å². The molecular weight excluding hydrogens is 271 g/mol. The highest BCUT2D eigenvalue weighted by molar-refractivity contribution is 6.33. The highest BCUT2D eigenvalue weighted by atomic mass is 35.5. The highest BCUT2D eigenvalue weighted by Crippen LogP contribution is 2.27. The Morgan fingerprint density at radius 2 is 2.21 bits per heavy atom. The van der Waals surface area contributed by atoms with Crippen LogP contribution in [0.1, 0.15) is 17.3 Å². The van der Waals surface area contributed by atoms with Crippen molar-refractivity contribution in [3.63, 3.8) is 0 Å². The average Bonchev–Trinajstić information content (AvgIpc) is 2.42. The smallest absolute Gasteiger partial charge is 0.339 e. The van der Waals surface area contributed by atoms with Gasteiger partial charge in [-0.15, -0.1) is 0 Å². The summed E-state index contributed by atoms with van der Waals surface area (Å²) in [6.07, 6.45) is 4.34. The van der Waals surface area contributed by atoms with Crippen LogP contribution in [0.3, 0.4) is 0 Å². The van der Waals surface area contributed by atoms with Gasteiger partial charge in [0.1, 0.15) is 5.82 Å². The molecule has 0 bridgehead atoms. The van der Waals surface area contributed by atoms with Gasteiger partial charge in [0.05, 0.1) is 29.1 Å². The van der Waals surface area contributed by atoms with E-state index in [0.717, 1.165) is 6.07 Å². The summed E-state index contributed by atoms with van der Waals surface area (Å²) >= 11 is 5.97. The second-order valence-corrected chi connectivity index (χ2v) is 4.03. The van der Waals surface area contributed by atoms with Crippen molar-refractivity contribution >= 4 is 17.6 Å². The number of rotatable bonds is 3. The number of ether oxygens (including phenoxy) is 1. The number of hydrogen-bond donors (Lipinski definition) is 0. The molecule has 0 saturated heterocycles. The molecule has 0 saturated carbocycles. The number of benzene rings is 1. The summed E-state index contributed by atoms with van der Waals surface area (Å²) in [6, 6.07) is 2.39. The van der Waals surface area contributed by atoms with Crippen LogP contribution in [0.5, 0.6) is 0 Å². The minimum Gasteiger partial charge on any atom is -0.462 e. The van der Waals surface area contributed by atoms with Gasteiger partial charge >= 0.3 is 5.97 Å². The standard InChI is InChI=1S/C13H10ClFN2O2/c1-2-19-13(18)8-6-11(15)9(5-10(8)14)12-7-16-3-4-17-12/h3-7H,2H2,1H3. The number of halogens is 2. The van der Waals surface area contributed by atoms with Crippen molar-refractivity contribution in [1.82, 2.24) is 9.97 Å². The van der Waals surface area contributed by atoms with Gasteiger partial charge < -0.3 is 4.74 Å². The topological polar surface area (TPSA) is 52.1 Å². The predicted molar refractivity (Wildman–Crippen MR) is 68.4 cm³/mol. The van der Waals surface area contributed by atoms with Crippen molar-refractivity contribution in [2.24, 2.45) is 0 Å². The van der Waals surface area contributed by atoms with Gasteiger partial charge in [0.15, 0.2) is 0 Å². The number of carbonyl (C=O) groups excluding carboxylic acids is 1. The Balaban J connectivity index is 2.46. The maximum atomic E-state index is 14.0. The molecule has 0 atom stereocenters. The van der Waals surface area contributed by atoms with Crippen molar-refractivity contribution in [2.45, 2.75) is 6.92 Å². The van der Waals surface area contributed by atoms with Crippen LogP contribution in [-0.2, 0) is 4.74 Å². The van der Waals surface area contributed by atoms with Crippen molar-refractivity contribution in [3.8, 4) is 11.3 Å². The summed E-state index contributed by atoms with van der Waals surface area (Å²) in [7, 11) is 0. The molecule has 0 aliphatic rings. The first kappa shape index (κ1) is 13.4. The van der Waals surface area contributed by atoms with Gasteiger partial charge in [-0.05, 0) is 19.1 Å². The van der Waals surface area contributed by atoms with E-state index < -0.39 is 11.8 Å². The van der Waals surface area contributed by atoms with Crippen LogP contribution in [-0.4, -0.2) is 22.5 Å². The molecule has 0 unspecified atom stereocenters. The van der Waals surface area contributed by atoms with Gasteiger partial charge in [-0.3, -0.25) is 9.97 Å². The molecule has 1 aromatic carbocycles. The van der Waals surface area contributed by atoms with Crippen LogP contribution in [0.4, 0.5) is 4.39 Å². The summed E-state index contributed by atoms with van der Waals surface area (Å²) in [6.45, 7) is 1.86. The average molecular weight is 281 g/mol. The largest absolute Gasteiger partial charge is 0.462 e. The van der Waals surface area contributed by atoms with Crippen LogP contribution < -0.4 is 0 Å². The van der Waals surface area contributed by atoms with Crippen molar-refractivity contribution in [1.29, 1.82) is 0 Å². The van der Waals surface area contributed by atoms with Crippen molar-refractivity contribution in [2.75, 3.05) is 6.61 Å². The number of nitrogens with zero attached hydrogens (tertiary/aromatic N) is 2. The monoisotopic (exact) mass is 280 g/mol. The van der Waals surface area contributed by atoms with Crippen LogP contribution in [0.2, 0.25) is 5.02 Å². The molecule has 2 rings (SSSR count). The first-order valence-corrected chi connectivity index (χ1v) is 5.93. The van der Waals surface area contributed by atoms with E-state index in [1.54, 1.807) is 6.92 Å². The van der Waals surface area contributed by atoms with Gasteiger partial charge in [-0.2, -0.15) is 0 Å². The normalized spacial score (nSPS) is 10.3. The number of aromatic nitrogens is 2. The van der Waals surface area contributed by atoms with Crippen LogP contribution in [0.15, 0.2) is 30.7 Å². The molecule has 0 radical (unpaired) electrons. The maximum Gasteiger partial charge on any atom is 0.339 e. The SMILES string of the molecule is CCOC(=O)c1cc(F)c(-c2cnccn2)cc1Cl. The minimum atomic E-state index is -0.655. The van der Waals surface area contributed by atoms with Gasteiger partial charge in [0, 0.05) is 18.0 Å². The molecule has 0 N–H and O–H groups in total. The molecule has 2 aromatic rings. The molecule has 19 heavy (non-hydrogen) atoms. The van der Waals surface area contributed by atoms with E-state index in [2.05, 4.69) is 9.97 Å². The minimum absolute atomic E-state index is 0.00587. The second kappa shape index (κ2) is 5.75. The van der Waals surface area contributed by atoms with Crippen LogP contribution >= 0.6 is 11.6 Å². The van der Waals surface area contributed by atoms with Gasteiger partial charge in [-0.25, -0.2) is 9.18 Å². The third-order valence-electron chi connectivity index (χ3n) is 2.39. The summed E-state index contributed by atoms with van der Waals surface area (Å²) in [5.74, 6) is -1.26. The van der Waals surface area contributed by atoms with Crippen LogP contribution in [0, 0.1) is 5.82 Å². The van der Waals surface area contributed by atoms with Crippen molar-refractivity contribution < 1.29 is 13.9 Å². The van der Waals surface area contributed by atoms with E-state index in [0.29, 0.717) is 5.69 Å². The maximum absolute atomic E-state index is 14.0. The van der Waals surface area contributed by atoms with E-state index in [-0.39, 0.29) is 22.8 Å². The summed E-state index contributed by atoms with van der Waals surface area (Å²) in [5.41, 5.74) is 0.525. The predicted octanol–water partition coefficient (Wildman–Crippen LogP) is 3.11. The fourth-order valence-corrected chi connectivity index (χ4v) is 1.79. The van der Waals surface area contributed by atoms with E-state index in [1.165, 1.54) is 24.7 Å². The van der Waals surface area contributed by atoms with E-state index in [9.17, 15) is 9.18 Å². The zero-order valence-electron chi connectivity index (χ0n) is 10.1. The van der Waals surface area contributed by atoms with Gasteiger partial charge in [0.25, 0.3) is 0 Å². The lowest BCUT2D eigenvalue weighted by Gasteiger charge is -2.07. The molecule has 0 amide bonds. The Bertz CT molecular complexity index is 605. The molecule has 0 fully saturated rings. The van der Waals surface area contributed by atoms with Crippen molar-refractivity contribution in [3.05, 3.63) is 47.1 Å². The number of esters is 1. The second-order valence-electron chi connectivity index (χ2n) is 3.62. The number of carbonyl (C=O) groups is 1. The Morgan fingerprint density at radius 3 is 2.84 bits per heavy atom. The fourth-order valence-electron chi connectivity index (χ4n) is 1.55. The fraction of sp³-hybridized carbons (Fsp3) is 0.154. The van der Waals surface area contributed by atoms with Gasteiger partial charge in [0.2, 0.25) is 0 Å². The summed E-state index contributed by atoms with van der Waals surface area (Å²) in [5, 5.41) is 0.112. The molecule has 0 spiro atoms. The molecule has 98 valence electrons. The Hall–Kier alpha value is -2.01. The molecule has 0 aliphatic carbocycles. The molecule has 1 heterocycles. The van der Waals surface area contributed by atoms with E-state index in [1.807, 2.05) is 0 Å².